The van der Waals surface area contributed by atoms with Gasteiger partial charge in [0.25, 0.3) is 15.9 Å². The van der Waals surface area contributed by atoms with Gasteiger partial charge in [-0.05, 0) is 62.9 Å². The third-order valence-electron chi connectivity index (χ3n) is 6.90. The molecule has 5 rings (SSSR count). The summed E-state index contributed by atoms with van der Waals surface area (Å²) >= 11 is 0. The van der Waals surface area contributed by atoms with E-state index in [4.69, 9.17) is 0 Å². The minimum atomic E-state index is -4.58. The highest BCUT2D eigenvalue weighted by molar-refractivity contribution is 7.90. The second kappa shape index (κ2) is 10.4. The van der Waals surface area contributed by atoms with E-state index in [-0.39, 0.29) is 28.1 Å². The molecule has 2 aromatic heterocycles. The van der Waals surface area contributed by atoms with E-state index in [1.54, 1.807) is 36.4 Å². The number of rotatable bonds is 6. The summed E-state index contributed by atoms with van der Waals surface area (Å²) in [5.41, 5.74) is 0.772. The lowest BCUT2D eigenvalue weighted by atomic mass is 9.90. The summed E-state index contributed by atoms with van der Waals surface area (Å²) in [6.07, 6.45) is 0.749. The Hall–Kier alpha value is -3.86. The number of anilines is 1. The highest BCUT2D eigenvalue weighted by Gasteiger charge is 2.34. The van der Waals surface area contributed by atoms with Crippen LogP contribution < -0.4 is 10.6 Å². The van der Waals surface area contributed by atoms with Crippen molar-refractivity contribution >= 4 is 32.5 Å². The average Bonchev–Trinajstić information content (AvgIpc) is 3.40. The molecule has 2 N–H and O–H groups in total. The fraction of sp³-hybridized carbons (Fsp3) is 0.286. The van der Waals surface area contributed by atoms with E-state index in [2.05, 4.69) is 15.6 Å². The monoisotopic (exact) mass is 556 g/mol. The summed E-state index contributed by atoms with van der Waals surface area (Å²) in [4.78, 5) is 16.8. The summed E-state index contributed by atoms with van der Waals surface area (Å²) in [5.74, 6) is -0.410. The predicted molar refractivity (Wildman–Crippen MR) is 142 cm³/mol. The van der Waals surface area contributed by atoms with Gasteiger partial charge in [-0.25, -0.2) is 17.4 Å². The number of halogens is 3. The minimum Gasteiger partial charge on any atom is -0.382 e. The van der Waals surface area contributed by atoms with E-state index >= 15 is 0 Å². The lowest BCUT2D eigenvalue weighted by Gasteiger charge is -2.31. The van der Waals surface area contributed by atoms with E-state index < -0.39 is 27.8 Å². The maximum atomic E-state index is 13.5. The van der Waals surface area contributed by atoms with Crippen LogP contribution in [0.5, 0.6) is 0 Å². The molecule has 11 heteroatoms. The molecule has 4 aromatic rings. The van der Waals surface area contributed by atoms with Gasteiger partial charge in [-0.1, -0.05) is 35.9 Å². The molecule has 0 saturated heterocycles. The van der Waals surface area contributed by atoms with Crippen LogP contribution in [-0.2, 0) is 16.2 Å². The number of hydrogen-bond acceptors (Lipinski definition) is 5. The maximum Gasteiger partial charge on any atom is 0.433 e. The molecule has 0 spiro atoms. The zero-order valence-electron chi connectivity index (χ0n) is 21.1. The topological polar surface area (TPSA) is 93.1 Å². The van der Waals surface area contributed by atoms with Crippen molar-refractivity contribution < 1.29 is 26.4 Å². The first-order chi connectivity index (χ1) is 18.5. The molecule has 1 aliphatic carbocycles. The van der Waals surface area contributed by atoms with Crippen molar-refractivity contribution in [3.8, 4) is 0 Å². The predicted octanol–water partition coefficient (Wildman–Crippen LogP) is 5.75. The molecule has 1 amide bonds. The van der Waals surface area contributed by atoms with Crippen LogP contribution in [0.25, 0.3) is 10.9 Å². The molecule has 1 saturated carbocycles. The molecule has 1 aliphatic rings. The Morgan fingerprint density at radius 3 is 2.49 bits per heavy atom. The van der Waals surface area contributed by atoms with Crippen LogP contribution >= 0.6 is 0 Å². The molecule has 7 nitrogen and oxygen atoms in total. The van der Waals surface area contributed by atoms with E-state index in [9.17, 15) is 26.4 Å². The number of nitrogens with zero attached hydrogens (tertiary/aromatic N) is 2. The van der Waals surface area contributed by atoms with Crippen molar-refractivity contribution in [2.45, 2.75) is 55.8 Å². The fourth-order valence-electron chi connectivity index (χ4n) is 4.87. The third kappa shape index (κ3) is 5.78. The number of amides is 1. The highest BCUT2D eigenvalue weighted by atomic mass is 32.2. The number of para-hydroxylation sites is 1. The van der Waals surface area contributed by atoms with Crippen molar-refractivity contribution in [1.29, 1.82) is 0 Å². The number of hydrogen-bond donors (Lipinski definition) is 2. The molecule has 0 aliphatic heterocycles. The standard InChI is InChI=1S/C28H27F3N4O3S/c1-18-9-11-22(12-10-18)39(37,38)35-14-13-19(17-35)27(36)33-21-6-4-5-20(15-21)32-25-16-26(28(29,30)31)34-24-8-3-2-7-23(24)25/h2-3,7-14,16-17,20-21H,4-6,15H2,1H3,(H,32,34)(H,33,36)/t20-,21+/m0/s1. The van der Waals surface area contributed by atoms with Crippen LogP contribution in [0, 0.1) is 6.92 Å². The summed E-state index contributed by atoms with van der Waals surface area (Å²) in [7, 11) is -3.84. The number of alkyl halides is 3. The van der Waals surface area contributed by atoms with Gasteiger partial charge in [0.05, 0.1) is 16.0 Å². The Labute approximate surface area is 224 Å². The first-order valence-corrected chi connectivity index (χ1v) is 14.0. The molecule has 0 radical (unpaired) electrons. The molecule has 2 heterocycles. The Morgan fingerprint density at radius 2 is 1.74 bits per heavy atom. The van der Waals surface area contributed by atoms with Crippen molar-refractivity contribution in [3.05, 3.63) is 89.9 Å². The smallest absolute Gasteiger partial charge is 0.382 e. The molecule has 204 valence electrons. The molecular weight excluding hydrogens is 529 g/mol. The first kappa shape index (κ1) is 26.7. The van der Waals surface area contributed by atoms with Crippen molar-refractivity contribution in [1.82, 2.24) is 14.3 Å². The summed E-state index contributed by atoms with van der Waals surface area (Å²) in [6.45, 7) is 1.86. The van der Waals surface area contributed by atoms with Gasteiger partial charge < -0.3 is 10.6 Å². The number of benzene rings is 2. The summed E-state index contributed by atoms with van der Waals surface area (Å²) in [6, 6.07) is 15.2. The Balaban J connectivity index is 1.28. The quantitative estimate of drug-likeness (QED) is 0.315. The second-order valence-corrected chi connectivity index (χ2v) is 11.6. The van der Waals surface area contributed by atoms with Crippen molar-refractivity contribution in [2.75, 3.05) is 5.32 Å². The molecular formula is C28H27F3N4O3S. The van der Waals surface area contributed by atoms with Gasteiger partial charge in [-0.3, -0.25) is 4.79 Å². The van der Waals surface area contributed by atoms with E-state index in [1.165, 1.54) is 30.6 Å². The summed E-state index contributed by atoms with van der Waals surface area (Å²) in [5, 5.41) is 6.80. The van der Waals surface area contributed by atoms with E-state index in [0.29, 0.717) is 23.9 Å². The minimum absolute atomic E-state index is 0.120. The maximum absolute atomic E-state index is 13.5. The van der Waals surface area contributed by atoms with Crippen LogP contribution in [0.2, 0.25) is 0 Å². The number of carbonyl (C=O) groups excluding carboxylic acids is 1. The zero-order valence-corrected chi connectivity index (χ0v) is 21.9. The first-order valence-electron chi connectivity index (χ1n) is 12.6. The van der Waals surface area contributed by atoms with Crippen LogP contribution in [-0.4, -0.2) is 35.4 Å². The Kier molecular flexibility index (Phi) is 7.11. The number of fused-ring (bicyclic) bond motifs is 1. The van der Waals surface area contributed by atoms with Crippen LogP contribution in [0.4, 0.5) is 18.9 Å². The number of nitrogens with one attached hydrogen (secondary N) is 2. The molecule has 0 bridgehead atoms. The van der Waals surface area contributed by atoms with Crippen molar-refractivity contribution in [2.24, 2.45) is 0 Å². The molecule has 2 aromatic carbocycles. The molecule has 1 fully saturated rings. The van der Waals surface area contributed by atoms with Crippen molar-refractivity contribution in [3.63, 3.8) is 0 Å². The lowest BCUT2D eigenvalue weighted by Crippen LogP contribution is -2.41. The number of aromatic nitrogens is 2. The van der Waals surface area contributed by atoms with Gasteiger partial charge in [0, 0.05) is 35.6 Å². The van der Waals surface area contributed by atoms with Gasteiger partial charge in [0.1, 0.15) is 5.69 Å². The Bertz CT molecular complexity index is 1620. The number of carbonyl (C=O) groups is 1. The molecule has 2 atom stereocenters. The van der Waals surface area contributed by atoms with Crippen LogP contribution in [0.3, 0.4) is 0 Å². The second-order valence-electron chi connectivity index (χ2n) is 9.80. The third-order valence-corrected chi connectivity index (χ3v) is 8.55. The fourth-order valence-corrected chi connectivity index (χ4v) is 6.07. The average molecular weight is 557 g/mol. The van der Waals surface area contributed by atoms with Gasteiger partial charge in [0.15, 0.2) is 0 Å². The van der Waals surface area contributed by atoms with E-state index in [1.807, 2.05) is 6.92 Å². The molecule has 0 unspecified atom stereocenters. The van der Waals surface area contributed by atoms with E-state index in [0.717, 1.165) is 28.4 Å². The van der Waals surface area contributed by atoms with Gasteiger partial charge in [0.2, 0.25) is 0 Å². The zero-order chi connectivity index (χ0) is 27.8. The number of aryl methyl sites for hydroxylation is 1. The number of pyridine rings is 1. The highest BCUT2D eigenvalue weighted by Crippen LogP contribution is 2.34. The van der Waals surface area contributed by atoms with Crippen LogP contribution in [0.15, 0.2) is 78.0 Å². The normalized spacial score (nSPS) is 18.2. The largest absolute Gasteiger partial charge is 0.433 e. The summed E-state index contributed by atoms with van der Waals surface area (Å²) < 4.78 is 67.2. The van der Waals surface area contributed by atoms with Gasteiger partial charge in [-0.15, -0.1) is 0 Å². The van der Waals surface area contributed by atoms with Crippen LogP contribution in [0.1, 0.15) is 47.3 Å². The SMILES string of the molecule is Cc1ccc(S(=O)(=O)n2ccc(C(=O)N[C@@H]3CCC[C@H](Nc4cc(C(F)(F)F)nc5ccccc45)C3)c2)cc1. The molecule has 39 heavy (non-hydrogen) atoms. The van der Waals surface area contributed by atoms with Gasteiger partial charge >= 0.3 is 6.18 Å². The lowest BCUT2D eigenvalue weighted by molar-refractivity contribution is -0.140. The Morgan fingerprint density at radius 1 is 1.03 bits per heavy atom. The van der Waals surface area contributed by atoms with Gasteiger partial charge in [-0.2, -0.15) is 13.2 Å².